The summed E-state index contributed by atoms with van der Waals surface area (Å²) in [4.78, 5) is 0. The number of methoxy groups -OCH3 is 1. The monoisotopic (exact) mass is 371 g/mol. The van der Waals surface area contributed by atoms with Crippen molar-refractivity contribution in [2.24, 2.45) is 0 Å². The van der Waals surface area contributed by atoms with E-state index in [0.29, 0.717) is 11.6 Å². The fourth-order valence-corrected chi connectivity index (χ4v) is 2.74. The lowest BCUT2D eigenvalue weighted by atomic mass is 10.1. The first-order valence-corrected chi connectivity index (χ1v) is 7.69. The summed E-state index contributed by atoms with van der Waals surface area (Å²) in [6, 6.07) is 10.7. The average Bonchev–Trinajstić information content (AvgIpc) is 2.46. The molecule has 0 saturated heterocycles. The van der Waals surface area contributed by atoms with Crippen LogP contribution in [-0.2, 0) is 6.54 Å². The molecule has 2 aromatic rings. The third kappa shape index (κ3) is 4.19. The molecule has 0 heterocycles. The molecule has 0 bridgehead atoms. The van der Waals surface area contributed by atoms with Crippen LogP contribution in [0.1, 0.15) is 24.1 Å². The number of rotatable bonds is 5. The van der Waals surface area contributed by atoms with Crippen molar-refractivity contribution in [2.45, 2.75) is 19.5 Å². The number of hydrogen-bond acceptors (Lipinski definition) is 2. The van der Waals surface area contributed by atoms with Gasteiger partial charge in [0.25, 0.3) is 0 Å². The molecule has 2 rings (SSSR count). The van der Waals surface area contributed by atoms with Crippen LogP contribution in [0.15, 0.2) is 40.9 Å². The molecule has 1 N–H and O–H groups in total. The lowest BCUT2D eigenvalue weighted by molar-refractivity contribution is 0.385. The summed E-state index contributed by atoms with van der Waals surface area (Å²) in [6.07, 6.45) is 0. The highest BCUT2D eigenvalue weighted by atomic mass is 79.9. The molecule has 2 aromatic carbocycles. The van der Waals surface area contributed by atoms with Gasteiger partial charge in [0.05, 0.1) is 7.11 Å². The zero-order valence-corrected chi connectivity index (χ0v) is 14.1. The fourth-order valence-electron chi connectivity index (χ4n) is 2.00. The van der Waals surface area contributed by atoms with Crippen molar-refractivity contribution in [1.82, 2.24) is 5.32 Å². The first kappa shape index (κ1) is 16.3. The summed E-state index contributed by atoms with van der Waals surface area (Å²) in [6.45, 7) is 2.59. The maximum absolute atomic E-state index is 13.7. The Hall–Kier alpha value is -1.10. The van der Waals surface area contributed by atoms with Gasteiger partial charge in [-0.25, -0.2) is 4.39 Å². The van der Waals surface area contributed by atoms with Gasteiger partial charge in [-0.15, -0.1) is 0 Å². The molecule has 0 amide bonds. The van der Waals surface area contributed by atoms with E-state index in [4.69, 9.17) is 16.3 Å². The SMILES string of the molecule is COc1ccc(C(C)NCc2ccc(Br)cc2Cl)cc1F. The molecule has 0 aliphatic rings. The first-order valence-electron chi connectivity index (χ1n) is 6.52. The van der Waals surface area contributed by atoms with Crippen LogP contribution < -0.4 is 10.1 Å². The van der Waals surface area contributed by atoms with Crippen LogP contribution in [0, 0.1) is 5.82 Å². The van der Waals surface area contributed by atoms with Crippen molar-refractivity contribution in [3.63, 3.8) is 0 Å². The van der Waals surface area contributed by atoms with Crippen molar-refractivity contribution in [2.75, 3.05) is 7.11 Å². The van der Waals surface area contributed by atoms with Crippen molar-refractivity contribution in [1.29, 1.82) is 0 Å². The summed E-state index contributed by atoms with van der Waals surface area (Å²) < 4.78 is 19.6. The van der Waals surface area contributed by atoms with Gasteiger partial charge in [-0.05, 0) is 42.3 Å². The third-order valence-electron chi connectivity index (χ3n) is 3.29. The normalized spacial score (nSPS) is 12.2. The predicted molar refractivity (Wildman–Crippen MR) is 87.4 cm³/mol. The minimum Gasteiger partial charge on any atom is -0.494 e. The highest BCUT2D eigenvalue weighted by Crippen LogP contribution is 2.24. The molecule has 2 nitrogen and oxygen atoms in total. The van der Waals surface area contributed by atoms with E-state index in [9.17, 15) is 4.39 Å². The van der Waals surface area contributed by atoms with E-state index in [0.717, 1.165) is 15.6 Å². The van der Waals surface area contributed by atoms with Crippen LogP contribution in [-0.4, -0.2) is 7.11 Å². The Labute approximate surface area is 137 Å². The topological polar surface area (TPSA) is 21.3 Å². The van der Waals surface area contributed by atoms with Crippen molar-refractivity contribution in [3.05, 3.63) is 62.8 Å². The van der Waals surface area contributed by atoms with E-state index in [-0.39, 0.29) is 17.6 Å². The highest BCUT2D eigenvalue weighted by molar-refractivity contribution is 9.10. The average molecular weight is 373 g/mol. The van der Waals surface area contributed by atoms with E-state index in [1.807, 2.05) is 31.2 Å². The third-order valence-corrected chi connectivity index (χ3v) is 4.13. The van der Waals surface area contributed by atoms with Gasteiger partial charge in [0.2, 0.25) is 0 Å². The van der Waals surface area contributed by atoms with Crippen molar-refractivity contribution in [3.8, 4) is 5.75 Å². The maximum Gasteiger partial charge on any atom is 0.165 e. The lowest BCUT2D eigenvalue weighted by Gasteiger charge is -2.16. The Kier molecular flexibility index (Phi) is 5.62. The van der Waals surface area contributed by atoms with Crippen LogP contribution in [0.3, 0.4) is 0 Å². The molecule has 0 saturated carbocycles. The second kappa shape index (κ2) is 7.25. The summed E-state index contributed by atoms with van der Waals surface area (Å²) in [5, 5.41) is 4.03. The van der Waals surface area contributed by atoms with E-state index >= 15 is 0 Å². The second-order valence-corrected chi connectivity index (χ2v) is 6.06. The quantitative estimate of drug-likeness (QED) is 0.788. The molecule has 0 fully saturated rings. The van der Waals surface area contributed by atoms with E-state index < -0.39 is 0 Å². The minimum atomic E-state index is -0.356. The smallest absolute Gasteiger partial charge is 0.165 e. The van der Waals surface area contributed by atoms with Gasteiger partial charge in [0.1, 0.15) is 0 Å². The van der Waals surface area contributed by atoms with Crippen molar-refractivity contribution < 1.29 is 9.13 Å². The van der Waals surface area contributed by atoms with Gasteiger partial charge in [0, 0.05) is 22.1 Å². The van der Waals surface area contributed by atoms with Gasteiger partial charge in [0.15, 0.2) is 11.6 Å². The van der Waals surface area contributed by atoms with E-state index in [2.05, 4.69) is 21.2 Å². The maximum atomic E-state index is 13.7. The lowest BCUT2D eigenvalue weighted by Crippen LogP contribution is -2.18. The van der Waals surface area contributed by atoms with Crippen LogP contribution in [0.2, 0.25) is 5.02 Å². The Morgan fingerprint density at radius 3 is 2.67 bits per heavy atom. The number of halogens is 3. The summed E-state index contributed by atoms with van der Waals surface area (Å²) in [5.74, 6) is -0.104. The molecule has 0 aromatic heterocycles. The molecule has 1 unspecified atom stereocenters. The largest absolute Gasteiger partial charge is 0.494 e. The van der Waals surface area contributed by atoms with Crippen LogP contribution >= 0.6 is 27.5 Å². The highest BCUT2D eigenvalue weighted by Gasteiger charge is 2.10. The van der Waals surface area contributed by atoms with Crippen LogP contribution in [0.5, 0.6) is 5.75 Å². The summed E-state index contributed by atoms with van der Waals surface area (Å²) in [7, 11) is 1.45. The first-order chi connectivity index (χ1) is 10.0. The summed E-state index contributed by atoms with van der Waals surface area (Å²) >= 11 is 9.55. The van der Waals surface area contributed by atoms with E-state index in [1.165, 1.54) is 13.2 Å². The number of benzene rings is 2. The predicted octanol–water partition coefficient (Wildman–Crippen LogP) is 5.10. The molecule has 0 radical (unpaired) electrons. The Morgan fingerprint density at radius 2 is 2.05 bits per heavy atom. The molecule has 5 heteroatoms. The van der Waals surface area contributed by atoms with Gasteiger partial charge in [-0.3, -0.25) is 0 Å². The molecule has 0 aliphatic carbocycles. The number of hydrogen-bond donors (Lipinski definition) is 1. The van der Waals surface area contributed by atoms with E-state index in [1.54, 1.807) is 6.07 Å². The second-order valence-electron chi connectivity index (χ2n) is 4.73. The Balaban J connectivity index is 2.04. The molecule has 21 heavy (non-hydrogen) atoms. The molecular weight excluding hydrogens is 357 g/mol. The fraction of sp³-hybridized carbons (Fsp3) is 0.250. The number of ether oxygens (including phenoxy) is 1. The zero-order chi connectivity index (χ0) is 15.4. The van der Waals surface area contributed by atoms with Crippen LogP contribution in [0.4, 0.5) is 4.39 Å². The Bertz CT molecular complexity index is 636. The van der Waals surface area contributed by atoms with Crippen LogP contribution in [0.25, 0.3) is 0 Å². The minimum absolute atomic E-state index is 0.00474. The molecule has 0 spiro atoms. The Morgan fingerprint density at radius 1 is 1.29 bits per heavy atom. The van der Waals surface area contributed by atoms with Gasteiger partial charge in [-0.1, -0.05) is 39.7 Å². The van der Waals surface area contributed by atoms with Crippen molar-refractivity contribution >= 4 is 27.5 Å². The van der Waals surface area contributed by atoms with Gasteiger partial charge < -0.3 is 10.1 Å². The number of nitrogens with one attached hydrogen (secondary N) is 1. The summed E-state index contributed by atoms with van der Waals surface area (Å²) in [5.41, 5.74) is 1.86. The molecular formula is C16H16BrClFNO. The molecule has 1 atom stereocenters. The zero-order valence-electron chi connectivity index (χ0n) is 11.8. The van der Waals surface area contributed by atoms with Gasteiger partial charge >= 0.3 is 0 Å². The van der Waals surface area contributed by atoms with Gasteiger partial charge in [-0.2, -0.15) is 0 Å². The molecule has 0 aliphatic heterocycles. The molecule has 112 valence electrons. The standard InChI is InChI=1S/C16H16BrClFNO/c1-10(11-4-6-16(21-2)15(19)7-11)20-9-12-3-5-13(17)8-14(12)18/h3-8,10,20H,9H2,1-2H3.